The van der Waals surface area contributed by atoms with Crippen LogP contribution in [-0.2, 0) is 0 Å². The molecule has 0 radical (unpaired) electrons. The van der Waals surface area contributed by atoms with Crippen LogP contribution in [0, 0.1) is 12.8 Å². The van der Waals surface area contributed by atoms with Crippen LogP contribution in [0.25, 0.3) is 0 Å². The van der Waals surface area contributed by atoms with E-state index in [2.05, 4.69) is 78.8 Å². The van der Waals surface area contributed by atoms with Crippen LogP contribution in [0.4, 0.5) is 11.4 Å². The quantitative estimate of drug-likeness (QED) is 0.271. The van der Waals surface area contributed by atoms with E-state index in [0.717, 1.165) is 24.1 Å². The van der Waals surface area contributed by atoms with Crippen molar-refractivity contribution in [2.24, 2.45) is 10.9 Å². The predicted molar refractivity (Wildman–Crippen MR) is 145 cm³/mol. The summed E-state index contributed by atoms with van der Waals surface area (Å²) in [5, 5.41) is 4.33. The molecule has 0 saturated carbocycles. The number of methoxy groups -OCH3 is 1. The van der Waals surface area contributed by atoms with Gasteiger partial charge in [0.25, 0.3) is 0 Å². The van der Waals surface area contributed by atoms with Gasteiger partial charge in [-0.05, 0) is 72.7 Å². The monoisotopic (exact) mass is 486 g/mol. The number of rotatable bonds is 7. The van der Waals surface area contributed by atoms with Crippen LogP contribution in [-0.4, -0.2) is 19.9 Å². The van der Waals surface area contributed by atoms with Crippen LogP contribution in [0.5, 0.6) is 11.5 Å². The molecule has 1 N–H and O–H groups in total. The van der Waals surface area contributed by atoms with Gasteiger partial charge in [0.1, 0.15) is 0 Å². The lowest BCUT2D eigenvalue weighted by Gasteiger charge is -2.37. The molecule has 3 atom stereocenters. The highest BCUT2D eigenvalue weighted by Crippen LogP contribution is 2.50. The Morgan fingerprint density at radius 2 is 1.94 bits per heavy atom. The van der Waals surface area contributed by atoms with E-state index in [4.69, 9.17) is 21.1 Å². The third kappa shape index (κ3) is 4.81. The molecule has 180 valence electrons. The molecule has 3 aromatic rings. The molecule has 1 heterocycles. The first-order chi connectivity index (χ1) is 17.1. The minimum Gasteiger partial charge on any atom is -0.493 e. The van der Waals surface area contributed by atoms with Crippen LogP contribution in [0.15, 0.2) is 71.7 Å². The van der Waals surface area contributed by atoms with E-state index in [-0.39, 0.29) is 6.04 Å². The summed E-state index contributed by atoms with van der Waals surface area (Å²) >= 11 is 6.45. The maximum absolute atomic E-state index is 6.45. The number of aryl methyl sites for hydroxylation is 1. The van der Waals surface area contributed by atoms with Crippen LogP contribution in [0.1, 0.15) is 54.0 Å². The number of halogens is 1. The van der Waals surface area contributed by atoms with Crippen molar-refractivity contribution in [3.63, 3.8) is 0 Å². The largest absolute Gasteiger partial charge is 0.493 e. The number of anilines is 1. The van der Waals surface area contributed by atoms with Gasteiger partial charge < -0.3 is 14.8 Å². The van der Waals surface area contributed by atoms with Crippen molar-refractivity contribution in [2.75, 3.05) is 19.0 Å². The molecule has 1 aliphatic carbocycles. The Hall–Kier alpha value is -3.24. The van der Waals surface area contributed by atoms with E-state index >= 15 is 0 Å². The van der Waals surface area contributed by atoms with Crippen molar-refractivity contribution < 1.29 is 9.47 Å². The topological polar surface area (TPSA) is 42.8 Å². The zero-order chi connectivity index (χ0) is 24.4. The number of nitrogens with zero attached hydrogens (tertiary/aromatic N) is 1. The van der Waals surface area contributed by atoms with Crippen LogP contribution in [0.3, 0.4) is 0 Å². The summed E-state index contributed by atoms with van der Waals surface area (Å²) in [5.74, 6) is 2.19. The van der Waals surface area contributed by atoms with E-state index in [1.54, 1.807) is 13.3 Å². The van der Waals surface area contributed by atoms with Crippen molar-refractivity contribution in [1.29, 1.82) is 0 Å². The number of nitrogens with one attached hydrogen (secondary N) is 1. The molecule has 0 fully saturated rings. The summed E-state index contributed by atoms with van der Waals surface area (Å²) in [7, 11) is 1.62. The summed E-state index contributed by atoms with van der Waals surface area (Å²) in [6.45, 7) is 4.81. The highest BCUT2D eigenvalue weighted by molar-refractivity contribution is 6.32. The number of hydrogen-bond donors (Lipinski definition) is 1. The summed E-state index contributed by atoms with van der Waals surface area (Å²) in [4.78, 5) is 4.67. The van der Waals surface area contributed by atoms with Gasteiger partial charge in [-0.25, -0.2) is 0 Å². The molecule has 35 heavy (non-hydrogen) atoms. The number of allylic oxidation sites excluding steroid dienone is 2. The zero-order valence-electron chi connectivity index (χ0n) is 20.4. The fourth-order valence-corrected chi connectivity index (χ4v) is 5.39. The lowest BCUT2D eigenvalue weighted by Crippen LogP contribution is -2.29. The minimum absolute atomic E-state index is 0.280. The molecule has 0 aromatic heterocycles. The summed E-state index contributed by atoms with van der Waals surface area (Å²) in [5.41, 5.74) is 7.01. The summed E-state index contributed by atoms with van der Waals surface area (Å²) in [6, 6.07) is 19.3. The third-order valence-corrected chi connectivity index (χ3v) is 7.12. The maximum Gasteiger partial charge on any atom is 0.179 e. The van der Waals surface area contributed by atoms with E-state index in [1.165, 1.54) is 22.4 Å². The molecule has 5 heteroatoms. The van der Waals surface area contributed by atoms with Crippen molar-refractivity contribution in [3.05, 3.63) is 94.0 Å². The molecular weight excluding hydrogens is 456 g/mol. The molecule has 2 aliphatic rings. The molecule has 0 spiro atoms. The summed E-state index contributed by atoms with van der Waals surface area (Å²) in [6.07, 6.45) is 8.52. The molecule has 0 bridgehead atoms. The average Bonchev–Trinajstić information content (AvgIpc) is 3.37. The smallest absolute Gasteiger partial charge is 0.179 e. The van der Waals surface area contributed by atoms with E-state index in [1.807, 2.05) is 12.1 Å². The average molecular weight is 487 g/mol. The molecular formula is C30H31ClN2O2. The van der Waals surface area contributed by atoms with Crippen molar-refractivity contribution in [1.82, 2.24) is 0 Å². The SMILES string of the molecule is CCCOc1c(Cl)cc(C=Nc2ccc([C@@H]3Nc4ccc(C)cc4[C@@H]4C=CC[C@@H]43)cc2)cc1OC. The van der Waals surface area contributed by atoms with Gasteiger partial charge in [-0.1, -0.05) is 60.5 Å². The van der Waals surface area contributed by atoms with Gasteiger partial charge in [0, 0.05) is 17.8 Å². The molecule has 0 amide bonds. The molecule has 4 nitrogen and oxygen atoms in total. The standard InChI is InChI=1S/C30H31ClN2O2/c1-4-14-35-30-26(31)16-20(17-28(30)34-3)18-32-22-11-9-21(10-12-22)29-24-7-5-6-23(24)25-15-19(2)8-13-27(25)33-29/h5-6,8-13,15-18,23-24,29,33H,4,7,14H2,1-3H3/t23-,24+,29+/m1/s1. The van der Waals surface area contributed by atoms with Gasteiger partial charge in [0.05, 0.1) is 30.5 Å². The highest BCUT2D eigenvalue weighted by atomic mass is 35.5. The molecule has 0 unspecified atom stereocenters. The van der Waals surface area contributed by atoms with E-state index in [0.29, 0.717) is 35.0 Å². The molecule has 0 saturated heterocycles. The first-order valence-corrected chi connectivity index (χ1v) is 12.6. The van der Waals surface area contributed by atoms with E-state index in [9.17, 15) is 0 Å². The third-order valence-electron chi connectivity index (χ3n) is 6.84. The number of ether oxygens (including phenoxy) is 2. The second-order valence-corrected chi connectivity index (χ2v) is 9.71. The van der Waals surface area contributed by atoms with Crippen LogP contribution >= 0.6 is 11.6 Å². The molecule has 1 aliphatic heterocycles. The molecule has 5 rings (SSSR count). The van der Waals surface area contributed by atoms with Gasteiger partial charge >= 0.3 is 0 Å². The summed E-state index contributed by atoms with van der Waals surface area (Å²) < 4.78 is 11.2. The molecule has 3 aromatic carbocycles. The van der Waals surface area contributed by atoms with Crippen LogP contribution in [0.2, 0.25) is 5.02 Å². The van der Waals surface area contributed by atoms with Gasteiger partial charge in [0.2, 0.25) is 0 Å². The van der Waals surface area contributed by atoms with Gasteiger partial charge in [-0.15, -0.1) is 0 Å². The van der Waals surface area contributed by atoms with Crippen molar-refractivity contribution >= 4 is 29.2 Å². The predicted octanol–water partition coefficient (Wildman–Crippen LogP) is 8.02. The fourth-order valence-electron chi connectivity index (χ4n) is 5.12. The lowest BCUT2D eigenvalue weighted by atomic mass is 9.76. The highest BCUT2D eigenvalue weighted by Gasteiger charge is 2.37. The maximum atomic E-state index is 6.45. The first-order valence-electron chi connectivity index (χ1n) is 12.3. The van der Waals surface area contributed by atoms with Crippen LogP contribution < -0.4 is 14.8 Å². The Bertz CT molecular complexity index is 1270. The van der Waals surface area contributed by atoms with Gasteiger partial charge in [0.15, 0.2) is 11.5 Å². The number of benzene rings is 3. The Balaban J connectivity index is 1.34. The first kappa shape index (κ1) is 23.5. The normalized spacial score (nSPS) is 20.4. The van der Waals surface area contributed by atoms with Gasteiger partial charge in [-0.3, -0.25) is 4.99 Å². The van der Waals surface area contributed by atoms with Crippen molar-refractivity contribution in [3.8, 4) is 11.5 Å². The minimum atomic E-state index is 0.280. The van der Waals surface area contributed by atoms with Crippen molar-refractivity contribution in [2.45, 2.75) is 38.6 Å². The number of fused-ring (bicyclic) bond motifs is 3. The lowest BCUT2D eigenvalue weighted by molar-refractivity contribution is 0.294. The Morgan fingerprint density at radius 1 is 1.11 bits per heavy atom. The zero-order valence-corrected chi connectivity index (χ0v) is 21.2. The Morgan fingerprint density at radius 3 is 2.71 bits per heavy atom. The number of aliphatic imine (C=N–C) groups is 1. The number of hydrogen-bond acceptors (Lipinski definition) is 4. The second-order valence-electron chi connectivity index (χ2n) is 9.30. The fraction of sp³-hybridized carbons (Fsp3) is 0.300. The van der Waals surface area contributed by atoms with Gasteiger partial charge in [-0.2, -0.15) is 0 Å². The Kier molecular flexibility index (Phi) is 6.83. The second kappa shape index (κ2) is 10.2. The van der Waals surface area contributed by atoms with E-state index < -0.39 is 0 Å². The Labute approximate surface area is 212 Å².